The van der Waals surface area contributed by atoms with Crippen LogP contribution in [-0.4, -0.2) is 171 Å². The maximum absolute atomic E-state index is 13.2. The molecule has 2 aromatic carbocycles. The van der Waals surface area contributed by atoms with Crippen LogP contribution in [0.4, 0.5) is 11.4 Å². The number of pyridine rings is 2. The Morgan fingerprint density at radius 3 is 1.60 bits per heavy atom. The highest BCUT2D eigenvalue weighted by Gasteiger charge is 2.33. The zero-order valence-corrected chi connectivity index (χ0v) is 47.0. The molecule has 8 heterocycles. The number of carbonyl (C=O) groups is 2. The summed E-state index contributed by atoms with van der Waals surface area (Å²) in [6.07, 6.45) is 16.0. The lowest BCUT2D eigenvalue weighted by atomic mass is 10.1. The predicted octanol–water partition coefficient (Wildman–Crippen LogP) is 7.28. The molecule has 1 saturated carbocycles. The molecule has 4 saturated heterocycles. The van der Waals surface area contributed by atoms with Crippen molar-refractivity contribution >= 4 is 56.3 Å². The Kier molecular flexibility index (Phi) is 19.3. The zero-order chi connectivity index (χ0) is 53.8. The topological polar surface area (TPSA) is 175 Å². The van der Waals surface area contributed by atoms with E-state index in [2.05, 4.69) is 87.4 Å². The van der Waals surface area contributed by atoms with Gasteiger partial charge in [-0.25, -0.2) is 4.98 Å². The maximum Gasteiger partial charge on any atom is 0.222 e. The Morgan fingerprint density at radius 2 is 1.13 bits per heavy atom. The number of fused-ring (bicyclic) bond motifs is 2. The fraction of sp³-hybridized carbons (Fsp3) is 0.567. The summed E-state index contributed by atoms with van der Waals surface area (Å²) in [5.41, 5.74) is 7.76. The number of aliphatic hydroxyl groups excluding tert-OH is 2. The number of amides is 2. The number of benzene rings is 2. The van der Waals surface area contributed by atoms with E-state index in [1.807, 2.05) is 59.7 Å². The first-order chi connectivity index (χ1) is 38.2. The van der Waals surface area contributed by atoms with Gasteiger partial charge in [0.2, 0.25) is 11.8 Å². The molecule has 11 rings (SSSR count). The Bertz CT molecular complexity index is 2710. The number of anilines is 2. The molecule has 0 spiro atoms. The molecular weight excluding hydrogens is 999 g/mol. The summed E-state index contributed by atoms with van der Waals surface area (Å²) < 4.78 is 1.98. The van der Waals surface area contributed by atoms with Gasteiger partial charge in [-0.3, -0.25) is 34.0 Å². The molecule has 0 radical (unpaired) electrons. The number of likely N-dealkylation sites (tertiary alicyclic amines) is 2. The molecule has 5 fully saturated rings. The van der Waals surface area contributed by atoms with E-state index < -0.39 is 0 Å². The van der Waals surface area contributed by atoms with E-state index >= 15 is 0 Å². The molecule has 5 aliphatic rings. The number of nitrogens with one attached hydrogen (secondary N) is 2. The van der Waals surface area contributed by atoms with Gasteiger partial charge in [0.1, 0.15) is 0 Å². The van der Waals surface area contributed by atoms with Crippen LogP contribution in [0.25, 0.3) is 21.8 Å². The highest BCUT2D eigenvalue weighted by atomic mass is 32.1. The van der Waals surface area contributed by atoms with Crippen molar-refractivity contribution in [2.75, 3.05) is 115 Å². The second kappa shape index (κ2) is 27.0. The van der Waals surface area contributed by atoms with Crippen molar-refractivity contribution in [2.45, 2.75) is 115 Å². The lowest BCUT2D eigenvalue weighted by Crippen LogP contribution is -2.38. The molecule has 0 unspecified atom stereocenters. The van der Waals surface area contributed by atoms with Gasteiger partial charge < -0.3 is 40.4 Å². The van der Waals surface area contributed by atoms with Gasteiger partial charge in [0.05, 0.1) is 64.1 Å². The quantitative estimate of drug-likeness (QED) is 0.0601. The van der Waals surface area contributed by atoms with Crippen LogP contribution in [0, 0.1) is 0 Å². The van der Waals surface area contributed by atoms with Crippen LogP contribution in [-0.2, 0) is 22.8 Å². The summed E-state index contributed by atoms with van der Waals surface area (Å²) >= 11 is 1.76. The summed E-state index contributed by atoms with van der Waals surface area (Å²) in [6.45, 7) is 18.8. The Labute approximate surface area is 465 Å². The Morgan fingerprint density at radius 1 is 0.615 bits per heavy atom. The molecule has 4 aromatic heterocycles. The van der Waals surface area contributed by atoms with Crippen molar-refractivity contribution in [2.24, 2.45) is 0 Å². The molecule has 0 bridgehead atoms. The summed E-state index contributed by atoms with van der Waals surface area (Å²) in [6, 6.07) is 18.4. The molecule has 17 nitrogen and oxygen atoms in total. The minimum atomic E-state index is -0.0836. The predicted molar refractivity (Wildman–Crippen MR) is 311 cm³/mol. The van der Waals surface area contributed by atoms with Gasteiger partial charge in [0.25, 0.3) is 0 Å². The van der Waals surface area contributed by atoms with E-state index in [9.17, 15) is 19.8 Å². The summed E-state index contributed by atoms with van der Waals surface area (Å²) in [7, 11) is 0. The third kappa shape index (κ3) is 14.0. The highest BCUT2D eigenvalue weighted by molar-refractivity contribution is 7.09. The van der Waals surface area contributed by atoms with Crippen molar-refractivity contribution in [3.8, 4) is 0 Å². The summed E-state index contributed by atoms with van der Waals surface area (Å²) in [4.78, 5) is 55.2. The van der Waals surface area contributed by atoms with Gasteiger partial charge in [-0.1, -0.05) is 36.4 Å². The normalized spacial score (nSPS) is 19.0. The molecule has 78 heavy (non-hydrogen) atoms. The van der Waals surface area contributed by atoms with Crippen LogP contribution in [0.5, 0.6) is 0 Å². The van der Waals surface area contributed by atoms with Crippen molar-refractivity contribution in [3.63, 3.8) is 0 Å². The fourth-order valence-corrected chi connectivity index (χ4v) is 13.1. The van der Waals surface area contributed by atoms with Crippen LogP contribution in [0.3, 0.4) is 0 Å². The first-order valence-electron chi connectivity index (χ1n) is 29.1. The molecule has 2 atom stereocenters. The summed E-state index contributed by atoms with van der Waals surface area (Å²) in [5, 5.41) is 37.1. The van der Waals surface area contributed by atoms with Crippen molar-refractivity contribution in [1.29, 1.82) is 0 Å². The van der Waals surface area contributed by atoms with Crippen LogP contribution < -0.4 is 20.4 Å². The minimum absolute atomic E-state index is 0.00887. The monoisotopic (exact) mass is 1080 g/mol. The molecular formula is C60H83N13O4S. The largest absolute Gasteiger partial charge is 0.392 e. The van der Waals surface area contributed by atoms with Crippen LogP contribution in [0.2, 0.25) is 0 Å². The van der Waals surface area contributed by atoms with Gasteiger partial charge in [-0.2, -0.15) is 5.10 Å². The van der Waals surface area contributed by atoms with Gasteiger partial charge in [0.15, 0.2) is 0 Å². The van der Waals surface area contributed by atoms with Crippen LogP contribution in [0.15, 0.2) is 78.6 Å². The average Bonchev–Trinajstić information content (AvgIpc) is 3.86. The van der Waals surface area contributed by atoms with E-state index in [1.54, 1.807) is 11.3 Å². The third-order valence-corrected chi connectivity index (χ3v) is 17.6. The highest BCUT2D eigenvalue weighted by Crippen LogP contribution is 2.43. The second-order valence-electron chi connectivity index (χ2n) is 22.3. The maximum atomic E-state index is 13.2. The lowest BCUT2D eigenvalue weighted by Gasteiger charge is -2.30. The van der Waals surface area contributed by atoms with E-state index in [0.717, 1.165) is 160 Å². The molecule has 4 N–H and O–H groups in total. The van der Waals surface area contributed by atoms with Gasteiger partial charge in [-0.15, -0.1) is 11.3 Å². The van der Waals surface area contributed by atoms with Gasteiger partial charge in [0, 0.05) is 149 Å². The first-order valence-corrected chi connectivity index (χ1v) is 30.0. The minimum Gasteiger partial charge on any atom is -0.392 e. The second-order valence-corrected chi connectivity index (χ2v) is 23.2. The molecule has 1 aliphatic carbocycles. The molecule has 18 heteroatoms. The van der Waals surface area contributed by atoms with E-state index in [-0.39, 0.29) is 43.2 Å². The van der Waals surface area contributed by atoms with Crippen molar-refractivity contribution in [3.05, 3.63) is 106 Å². The Balaban J connectivity index is 0.000000176. The number of aliphatic hydroxyl groups is 2. The first kappa shape index (κ1) is 55.7. The number of rotatable bonds is 20. The SMILES string of the molecule is CC(C)n1ccc([C@H](CC(=O)NCCN2CCCC2)N2CCCN(c3c(CO)ccc4cccnc34)CC2)n1.O=C(C[C@H](c1csc(C2CC2)n1)N1CCCN(c2c(CO)ccc3cccnc23)CC1)NCCN1CCCC1. The van der Waals surface area contributed by atoms with Crippen LogP contribution in [0.1, 0.15) is 130 Å². The number of hydrogen-bond acceptors (Lipinski definition) is 15. The molecule has 4 aliphatic heterocycles. The van der Waals surface area contributed by atoms with Gasteiger partial charge in [-0.05, 0) is 110 Å². The standard InChI is InChI=1S/C30H43N7O2.C30H40N6O2S/c1-23(2)37-17-10-26(33-37)27(21-28(39)31-12-18-34-13-3-4-14-34)35-15-6-16-36(20-19-35)30-25(22-38)9-8-24-7-5-11-32-29(24)30;37-20-24-9-6-22-5-3-10-32-28(22)29(24)36-15-4-14-35(17-18-36)26(25-21-39-30(33-25)23-7-8-23)19-27(38)31-11-16-34-12-1-2-13-34/h5,7-11,17,23,27,38H,3-4,6,12-16,18-22H2,1-2H3,(H,31,39);3,5-6,9-10,21,23,26,37H,1-2,4,7-8,11-20H2,(H,31,38)/t27-;26-/m01/s1. The number of aromatic nitrogens is 5. The number of carbonyl (C=O) groups excluding carboxylic acids is 2. The van der Waals surface area contributed by atoms with Crippen LogP contribution >= 0.6 is 11.3 Å². The van der Waals surface area contributed by atoms with Crippen molar-refractivity contribution < 1.29 is 19.8 Å². The third-order valence-electron chi connectivity index (χ3n) is 16.5. The number of nitrogens with zero attached hydrogens (tertiary/aromatic N) is 11. The van der Waals surface area contributed by atoms with Crippen molar-refractivity contribution in [1.82, 2.24) is 55.0 Å². The molecule has 6 aromatic rings. The molecule has 2 amide bonds. The Hall–Kier alpha value is -5.60. The molecule has 418 valence electrons. The summed E-state index contributed by atoms with van der Waals surface area (Å²) in [5.74, 6) is 0.816. The zero-order valence-electron chi connectivity index (χ0n) is 46.2. The lowest BCUT2D eigenvalue weighted by molar-refractivity contribution is -0.123. The van der Waals surface area contributed by atoms with Gasteiger partial charge >= 0.3 is 0 Å². The number of thiazole rings is 1. The average molecular weight is 1080 g/mol. The fourth-order valence-electron chi connectivity index (χ4n) is 12.1. The smallest absolute Gasteiger partial charge is 0.222 e. The van der Waals surface area contributed by atoms with E-state index in [4.69, 9.17) is 10.1 Å². The number of hydrogen-bond donors (Lipinski definition) is 4. The van der Waals surface area contributed by atoms with E-state index in [1.165, 1.54) is 43.5 Å². The van der Waals surface area contributed by atoms with E-state index in [0.29, 0.717) is 31.8 Å².